The Labute approximate surface area is 73.0 Å². The molecule has 2 N–H and O–H groups in total. The van der Waals surface area contributed by atoms with Crippen molar-refractivity contribution in [2.45, 2.75) is 6.42 Å². The summed E-state index contributed by atoms with van der Waals surface area (Å²) in [5.74, 6) is 0. The van der Waals surface area contributed by atoms with Crippen molar-refractivity contribution >= 4 is 5.69 Å². The Morgan fingerprint density at radius 1 is 1.00 bits per heavy atom. The predicted molar refractivity (Wildman–Crippen MR) is 51.5 cm³/mol. The monoisotopic (exact) mass is 162 g/mol. The van der Waals surface area contributed by atoms with Gasteiger partial charge in [0.25, 0.3) is 0 Å². The third-order valence-corrected chi connectivity index (χ3v) is 2.21. The van der Waals surface area contributed by atoms with Crippen LogP contribution in [0.25, 0.3) is 0 Å². The average molecular weight is 162 g/mol. The second-order valence-corrected chi connectivity index (χ2v) is 3.08. The summed E-state index contributed by atoms with van der Waals surface area (Å²) in [5.41, 5.74) is 2.73. The van der Waals surface area contributed by atoms with Crippen LogP contribution in [0.15, 0.2) is 24.3 Å². The smallest absolute Gasteiger partial charge is 0.0373 e. The van der Waals surface area contributed by atoms with Crippen molar-refractivity contribution in [2.75, 3.05) is 25.0 Å². The third kappa shape index (κ3) is 1.59. The lowest BCUT2D eigenvalue weighted by Crippen LogP contribution is -2.27. The first-order valence-corrected chi connectivity index (χ1v) is 4.49. The highest BCUT2D eigenvalue weighted by molar-refractivity contribution is 5.51. The zero-order chi connectivity index (χ0) is 8.23. The number of fused-ring (bicyclic) bond motifs is 1. The van der Waals surface area contributed by atoms with E-state index in [9.17, 15) is 0 Å². The number of hydrogen-bond acceptors (Lipinski definition) is 2. The van der Waals surface area contributed by atoms with E-state index in [2.05, 4.69) is 34.9 Å². The molecule has 1 aliphatic rings. The van der Waals surface area contributed by atoms with Crippen molar-refractivity contribution in [1.29, 1.82) is 0 Å². The fourth-order valence-electron chi connectivity index (χ4n) is 1.54. The molecule has 0 bridgehead atoms. The lowest BCUT2D eigenvalue weighted by atomic mass is 10.1. The van der Waals surface area contributed by atoms with Gasteiger partial charge in [0.1, 0.15) is 0 Å². The highest BCUT2D eigenvalue weighted by Gasteiger charge is 2.02. The molecule has 64 valence electrons. The number of benzene rings is 1. The molecule has 0 atom stereocenters. The van der Waals surface area contributed by atoms with E-state index in [-0.39, 0.29) is 0 Å². The lowest BCUT2D eigenvalue weighted by Gasteiger charge is -2.16. The number of rotatable bonds is 0. The molecule has 0 aliphatic carbocycles. The summed E-state index contributed by atoms with van der Waals surface area (Å²) in [4.78, 5) is 0. The second kappa shape index (κ2) is 3.59. The standard InChI is InChI=1S/C10H14N2/c1-2-4-10-9(3-1)5-6-11-7-8-12-10/h1-4,11-12H,5-8H2. The summed E-state index contributed by atoms with van der Waals surface area (Å²) in [6, 6.07) is 8.53. The Bertz CT molecular complexity index is 231. The van der Waals surface area contributed by atoms with Crippen LogP contribution in [0.1, 0.15) is 5.56 Å². The van der Waals surface area contributed by atoms with Crippen LogP contribution in [-0.2, 0) is 6.42 Å². The molecule has 2 heteroatoms. The number of para-hydroxylation sites is 1. The maximum atomic E-state index is 3.40. The van der Waals surface area contributed by atoms with Gasteiger partial charge in [-0.2, -0.15) is 0 Å². The molecule has 1 heterocycles. The van der Waals surface area contributed by atoms with Crippen LogP contribution in [-0.4, -0.2) is 19.6 Å². The van der Waals surface area contributed by atoms with E-state index in [1.54, 1.807) is 0 Å². The maximum absolute atomic E-state index is 3.40. The summed E-state index contributed by atoms with van der Waals surface area (Å²) in [6.45, 7) is 3.18. The van der Waals surface area contributed by atoms with Gasteiger partial charge in [0.15, 0.2) is 0 Å². The average Bonchev–Trinajstić information content (AvgIpc) is 2.06. The lowest BCUT2D eigenvalue weighted by molar-refractivity contribution is 0.689. The van der Waals surface area contributed by atoms with Gasteiger partial charge in [-0.3, -0.25) is 0 Å². The van der Waals surface area contributed by atoms with E-state index in [1.807, 2.05) is 0 Å². The molecule has 12 heavy (non-hydrogen) atoms. The van der Waals surface area contributed by atoms with E-state index in [4.69, 9.17) is 0 Å². The molecule has 0 unspecified atom stereocenters. The summed E-state index contributed by atoms with van der Waals surface area (Å²) < 4.78 is 0. The zero-order valence-corrected chi connectivity index (χ0v) is 7.14. The van der Waals surface area contributed by atoms with Crippen molar-refractivity contribution < 1.29 is 0 Å². The van der Waals surface area contributed by atoms with E-state index in [1.165, 1.54) is 11.3 Å². The third-order valence-electron chi connectivity index (χ3n) is 2.21. The van der Waals surface area contributed by atoms with E-state index < -0.39 is 0 Å². The van der Waals surface area contributed by atoms with Crippen molar-refractivity contribution in [3.8, 4) is 0 Å². The molecule has 1 aromatic rings. The summed E-state index contributed by atoms with van der Waals surface area (Å²) in [6.07, 6.45) is 1.13. The van der Waals surface area contributed by atoms with Crippen LogP contribution in [0.3, 0.4) is 0 Å². The zero-order valence-electron chi connectivity index (χ0n) is 7.14. The molecule has 1 aliphatic heterocycles. The largest absolute Gasteiger partial charge is 0.384 e. The van der Waals surface area contributed by atoms with Gasteiger partial charge in [-0.25, -0.2) is 0 Å². The molecule has 0 saturated carbocycles. The molecular formula is C10H14N2. The van der Waals surface area contributed by atoms with Crippen molar-refractivity contribution in [1.82, 2.24) is 5.32 Å². The van der Waals surface area contributed by atoms with Gasteiger partial charge in [0, 0.05) is 18.8 Å². The number of hydrogen-bond donors (Lipinski definition) is 2. The van der Waals surface area contributed by atoms with Gasteiger partial charge < -0.3 is 10.6 Å². The molecular weight excluding hydrogens is 148 g/mol. The van der Waals surface area contributed by atoms with Gasteiger partial charge in [-0.15, -0.1) is 0 Å². The molecule has 0 saturated heterocycles. The normalized spacial score (nSPS) is 17.0. The minimum Gasteiger partial charge on any atom is -0.384 e. The Kier molecular flexibility index (Phi) is 2.28. The fraction of sp³-hybridized carbons (Fsp3) is 0.400. The molecule has 2 rings (SSSR count). The van der Waals surface area contributed by atoms with Gasteiger partial charge in [0.2, 0.25) is 0 Å². The summed E-state index contributed by atoms with van der Waals surface area (Å²) >= 11 is 0. The van der Waals surface area contributed by atoms with E-state index >= 15 is 0 Å². The van der Waals surface area contributed by atoms with Gasteiger partial charge in [-0.05, 0) is 24.6 Å². The Morgan fingerprint density at radius 2 is 1.92 bits per heavy atom. The van der Waals surface area contributed by atoms with Crippen molar-refractivity contribution in [3.05, 3.63) is 29.8 Å². The highest BCUT2D eigenvalue weighted by atomic mass is 15.0. The van der Waals surface area contributed by atoms with Crippen molar-refractivity contribution in [3.63, 3.8) is 0 Å². The van der Waals surface area contributed by atoms with Crippen LogP contribution < -0.4 is 10.6 Å². The fourth-order valence-corrected chi connectivity index (χ4v) is 1.54. The van der Waals surface area contributed by atoms with Crippen LogP contribution in [0.5, 0.6) is 0 Å². The van der Waals surface area contributed by atoms with E-state index in [0.29, 0.717) is 0 Å². The quantitative estimate of drug-likeness (QED) is 0.600. The van der Waals surface area contributed by atoms with Gasteiger partial charge in [0.05, 0.1) is 0 Å². The molecule has 2 nitrogen and oxygen atoms in total. The van der Waals surface area contributed by atoms with Crippen LogP contribution in [0.4, 0.5) is 5.69 Å². The summed E-state index contributed by atoms with van der Waals surface area (Å²) in [7, 11) is 0. The minimum atomic E-state index is 1.02. The van der Waals surface area contributed by atoms with Crippen LogP contribution >= 0.6 is 0 Å². The first-order chi connectivity index (χ1) is 5.97. The molecule has 1 aromatic carbocycles. The Morgan fingerprint density at radius 3 is 2.92 bits per heavy atom. The molecule has 0 amide bonds. The molecule has 0 fully saturated rings. The van der Waals surface area contributed by atoms with Crippen LogP contribution in [0, 0.1) is 0 Å². The predicted octanol–water partition coefficient (Wildman–Crippen LogP) is 1.24. The number of anilines is 1. The Hall–Kier alpha value is -1.02. The van der Waals surface area contributed by atoms with E-state index in [0.717, 1.165) is 26.1 Å². The second-order valence-electron chi connectivity index (χ2n) is 3.08. The van der Waals surface area contributed by atoms with Crippen LogP contribution in [0.2, 0.25) is 0 Å². The first-order valence-electron chi connectivity index (χ1n) is 4.49. The highest BCUT2D eigenvalue weighted by Crippen LogP contribution is 2.15. The molecule has 0 spiro atoms. The SMILES string of the molecule is c1ccc2c(c1)CCNCCN2. The molecule has 0 aromatic heterocycles. The topological polar surface area (TPSA) is 24.1 Å². The Balaban J connectivity index is 2.24. The van der Waals surface area contributed by atoms with Gasteiger partial charge >= 0.3 is 0 Å². The van der Waals surface area contributed by atoms with Gasteiger partial charge in [-0.1, -0.05) is 18.2 Å². The maximum Gasteiger partial charge on any atom is 0.0373 e. The minimum absolute atomic E-state index is 1.02. The first kappa shape index (κ1) is 7.62. The van der Waals surface area contributed by atoms with Crippen molar-refractivity contribution in [2.24, 2.45) is 0 Å². The number of nitrogens with one attached hydrogen (secondary N) is 2. The molecule has 0 radical (unpaired) electrons. The summed E-state index contributed by atoms with van der Waals surface area (Å²) in [5, 5.41) is 6.77.